The van der Waals surface area contributed by atoms with Crippen LogP contribution in [-0.4, -0.2) is 24.7 Å². The Morgan fingerprint density at radius 2 is 2.67 bits per heavy atom. The monoisotopic (exact) mass is 184 g/mol. The third kappa shape index (κ3) is 2.45. The highest BCUT2D eigenvalue weighted by molar-refractivity contribution is 7.13. The lowest BCUT2D eigenvalue weighted by Crippen LogP contribution is -1.83. The van der Waals surface area contributed by atoms with Crippen molar-refractivity contribution in [1.29, 1.82) is 0 Å². The van der Waals surface area contributed by atoms with Gasteiger partial charge in [0.1, 0.15) is 0 Å². The Kier molecular flexibility index (Phi) is 3.44. The summed E-state index contributed by atoms with van der Waals surface area (Å²) in [5.41, 5.74) is 0. The number of ether oxygens (including phenoxy) is 1. The van der Waals surface area contributed by atoms with Crippen LogP contribution in [0.25, 0.3) is 0 Å². The van der Waals surface area contributed by atoms with Gasteiger partial charge in [0.2, 0.25) is 6.08 Å². The predicted octanol–water partition coefficient (Wildman–Crippen LogP) is 1.03. The SMILES string of the molecule is COc1ncc(CCN=C=O)s1. The normalized spacial score (nSPS) is 9.08. The second kappa shape index (κ2) is 4.64. The molecular formula is C7H8N2O2S. The number of carbonyl (C=O) groups excluding carboxylic acids is 1. The molecule has 0 saturated carbocycles. The van der Waals surface area contributed by atoms with E-state index in [0.717, 1.165) is 11.3 Å². The van der Waals surface area contributed by atoms with E-state index in [1.807, 2.05) is 0 Å². The molecule has 1 aromatic heterocycles. The largest absolute Gasteiger partial charge is 0.473 e. The highest BCUT2D eigenvalue weighted by Gasteiger charge is 1.99. The van der Waals surface area contributed by atoms with Crippen LogP contribution in [0.5, 0.6) is 5.19 Å². The van der Waals surface area contributed by atoms with Gasteiger partial charge in [-0.15, -0.1) is 0 Å². The zero-order valence-electron chi connectivity index (χ0n) is 6.61. The van der Waals surface area contributed by atoms with Crippen molar-refractivity contribution in [2.45, 2.75) is 6.42 Å². The summed E-state index contributed by atoms with van der Waals surface area (Å²) in [6.45, 7) is 0.467. The second-order valence-corrected chi connectivity index (χ2v) is 3.10. The maximum Gasteiger partial charge on any atom is 0.273 e. The summed E-state index contributed by atoms with van der Waals surface area (Å²) >= 11 is 1.46. The van der Waals surface area contributed by atoms with E-state index >= 15 is 0 Å². The third-order valence-corrected chi connectivity index (χ3v) is 2.26. The summed E-state index contributed by atoms with van der Waals surface area (Å²) < 4.78 is 4.90. The zero-order valence-corrected chi connectivity index (χ0v) is 7.43. The van der Waals surface area contributed by atoms with Gasteiger partial charge in [0.25, 0.3) is 5.19 Å². The van der Waals surface area contributed by atoms with Crippen molar-refractivity contribution < 1.29 is 9.53 Å². The Balaban J connectivity index is 2.46. The molecule has 0 aromatic carbocycles. The van der Waals surface area contributed by atoms with Gasteiger partial charge in [0.05, 0.1) is 13.7 Å². The minimum atomic E-state index is 0.467. The summed E-state index contributed by atoms with van der Waals surface area (Å²) in [7, 11) is 1.58. The number of methoxy groups -OCH3 is 1. The van der Waals surface area contributed by atoms with Crippen LogP contribution in [0.1, 0.15) is 4.88 Å². The lowest BCUT2D eigenvalue weighted by molar-refractivity contribution is 0.412. The molecule has 1 heterocycles. The van der Waals surface area contributed by atoms with Gasteiger partial charge < -0.3 is 4.74 Å². The molecule has 1 rings (SSSR count). The van der Waals surface area contributed by atoms with Crippen LogP contribution < -0.4 is 4.74 Å². The van der Waals surface area contributed by atoms with E-state index in [-0.39, 0.29) is 0 Å². The fourth-order valence-corrected chi connectivity index (χ4v) is 1.42. The average molecular weight is 184 g/mol. The van der Waals surface area contributed by atoms with E-state index in [1.165, 1.54) is 17.4 Å². The summed E-state index contributed by atoms with van der Waals surface area (Å²) in [5, 5.41) is 0.639. The van der Waals surface area contributed by atoms with Gasteiger partial charge in [-0.1, -0.05) is 11.3 Å². The van der Waals surface area contributed by atoms with Gasteiger partial charge in [0, 0.05) is 17.5 Å². The van der Waals surface area contributed by atoms with Crippen molar-refractivity contribution in [2.24, 2.45) is 4.99 Å². The predicted molar refractivity (Wildman–Crippen MR) is 45.4 cm³/mol. The van der Waals surface area contributed by atoms with Gasteiger partial charge in [-0.05, 0) is 0 Å². The van der Waals surface area contributed by atoms with Crippen molar-refractivity contribution in [3.05, 3.63) is 11.1 Å². The molecule has 0 radical (unpaired) electrons. The minimum absolute atomic E-state index is 0.467. The Morgan fingerprint density at radius 3 is 3.25 bits per heavy atom. The van der Waals surface area contributed by atoms with E-state index < -0.39 is 0 Å². The van der Waals surface area contributed by atoms with Crippen LogP contribution >= 0.6 is 11.3 Å². The van der Waals surface area contributed by atoms with Crippen LogP contribution in [0.15, 0.2) is 11.2 Å². The topological polar surface area (TPSA) is 51.6 Å². The molecule has 0 N–H and O–H groups in total. The maximum absolute atomic E-state index is 9.73. The molecule has 0 spiro atoms. The fourth-order valence-electron chi connectivity index (χ4n) is 0.711. The minimum Gasteiger partial charge on any atom is -0.473 e. The molecule has 0 bridgehead atoms. The molecule has 5 heteroatoms. The molecule has 12 heavy (non-hydrogen) atoms. The van der Waals surface area contributed by atoms with Crippen LogP contribution in [0.4, 0.5) is 0 Å². The number of hydrogen-bond donors (Lipinski definition) is 0. The van der Waals surface area contributed by atoms with Gasteiger partial charge in [-0.3, -0.25) is 0 Å². The maximum atomic E-state index is 9.73. The number of nitrogens with zero attached hydrogens (tertiary/aromatic N) is 2. The molecular weight excluding hydrogens is 176 g/mol. The van der Waals surface area contributed by atoms with Crippen molar-refractivity contribution in [2.75, 3.05) is 13.7 Å². The first-order valence-electron chi connectivity index (χ1n) is 3.39. The van der Waals surface area contributed by atoms with E-state index in [9.17, 15) is 4.79 Å². The molecule has 0 unspecified atom stereocenters. The van der Waals surface area contributed by atoms with E-state index in [1.54, 1.807) is 13.3 Å². The Hall–Kier alpha value is -1.19. The Labute approximate surface area is 73.9 Å². The first kappa shape index (κ1) is 8.90. The lowest BCUT2D eigenvalue weighted by Gasteiger charge is -1.88. The van der Waals surface area contributed by atoms with Crippen LogP contribution in [0.2, 0.25) is 0 Å². The number of hydrogen-bond acceptors (Lipinski definition) is 5. The molecule has 0 fully saturated rings. The van der Waals surface area contributed by atoms with Crippen LogP contribution in [0.3, 0.4) is 0 Å². The fraction of sp³-hybridized carbons (Fsp3) is 0.429. The van der Waals surface area contributed by atoms with E-state index in [4.69, 9.17) is 4.74 Å². The Bertz CT molecular complexity index is 291. The molecule has 0 aliphatic carbocycles. The number of isocyanates is 1. The standard InChI is InChI=1S/C7H8N2O2S/c1-11-7-9-4-6(12-7)2-3-8-5-10/h4H,2-3H2,1H3. The highest BCUT2D eigenvalue weighted by atomic mass is 32.1. The van der Waals surface area contributed by atoms with Crippen molar-refractivity contribution in [3.8, 4) is 5.19 Å². The smallest absolute Gasteiger partial charge is 0.273 e. The van der Waals surface area contributed by atoms with Crippen LogP contribution in [-0.2, 0) is 11.2 Å². The van der Waals surface area contributed by atoms with Gasteiger partial charge in [0.15, 0.2) is 0 Å². The van der Waals surface area contributed by atoms with Crippen LogP contribution in [0, 0.1) is 0 Å². The summed E-state index contributed by atoms with van der Waals surface area (Å²) in [5.74, 6) is 0. The summed E-state index contributed by atoms with van der Waals surface area (Å²) in [6.07, 6.45) is 3.93. The second-order valence-electron chi connectivity index (χ2n) is 2.02. The van der Waals surface area contributed by atoms with Gasteiger partial charge in [-0.25, -0.2) is 14.8 Å². The molecule has 0 amide bonds. The number of aromatic nitrogens is 1. The van der Waals surface area contributed by atoms with Gasteiger partial charge >= 0.3 is 0 Å². The van der Waals surface area contributed by atoms with Gasteiger partial charge in [-0.2, -0.15) is 0 Å². The third-order valence-electron chi connectivity index (χ3n) is 1.24. The van der Waals surface area contributed by atoms with Crippen molar-refractivity contribution >= 4 is 17.4 Å². The highest BCUT2D eigenvalue weighted by Crippen LogP contribution is 2.19. The summed E-state index contributed by atoms with van der Waals surface area (Å²) in [4.78, 5) is 18.2. The molecule has 0 atom stereocenters. The number of aliphatic imine (C=N–C) groups is 1. The first-order valence-corrected chi connectivity index (χ1v) is 4.21. The quantitative estimate of drug-likeness (QED) is 0.518. The zero-order chi connectivity index (χ0) is 8.81. The van der Waals surface area contributed by atoms with E-state index in [2.05, 4.69) is 9.98 Å². The molecule has 0 aliphatic rings. The number of rotatable bonds is 4. The first-order chi connectivity index (χ1) is 5.86. The lowest BCUT2D eigenvalue weighted by atomic mass is 10.4. The average Bonchev–Trinajstić information content (AvgIpc) is 2.53. The molecule has 64 valence electrons. The van der Waals surface area contributed by atoms with Crippen molar-refractivity contribution in [3.63, 3.8) is 0 Å². The Morgan fingerprint density at radius 1 is 1.83 bits per heavy atom. The molecule has 0 saturated heterocycles. The summed E-state index contributed by atoms with van der Waals surface area (Å²) in [6, 6.07) is 0. The van der Waals surface area contributed by atoms with Crippen molar-refractivity contribution in [1.82, 2.24) is 4.98 Å². The molecule has 4 nitrogen and oxygen atoms in total. The molecule has 1 aromatic rings. The van der Waals surface area contributed by atoms with E-state index in [0.29, 0.717) is 11.7 Å². The molecule has 0 aliphatic heterocycles. The number of thiazole rings is 1.